The van der Waals surface area contributed by atoms with Gasteiger partial charge in [0.05, 0.1) is 16.8 Å². The Morgan fingerprint density at radius 2 is 0.974 bits per heavy atom. The van der Waals surface area contributed by atoms with Gasteiger partial charge in [-0.15, -0.1) is 0 Å². The van der Waals surface area contributed by atoms with Crippen LogP contribution < -0.4 is 4.90 Å². The summed E-state index contributed by atoms with van der Waals surface area (Å²) < 4.78 is 12.7. The van der Waals surface area contributed by atoms with Crippen LogP contribution in [0, 0.1) is 0 Å². The molecular weight excluding hydrogens is 478 g/mol. The molecule has 184 valence electrons. The maximum absolute atomic E-state index is 6.47. The minimum Gasteiger partial charge on any atom is -0.456 e. The molecule has 0 aliphatic carbocycles. The van der Waals surface area contributed by atoms with E-state index in [9.17, 15) is 0 Å². The summed E-state index contributed by atoms with van der Waals surface area (Å²) >= 11 is 0. The van der Waals surface area contributed by atoms with Gasteiger partial charge in [0.15, 0.2) is 0 Å². The lowest BCUT2D eigenvalue weighted by atomic mass is 9.99. The number of hydrogen-bond donors (Lipinski definition) is 0. The Morgan fingerprint density at radius 1 is 0.385 bits per heavy atom. The van der Waals surface area contributed by atoms with Crippen LogP contribution in [0.1, 0.15) is 0 Å². The van der Waals surface area contributed by atoms with Crippen molar-refractivity contribution in [1.29, 1.82) is 0 Å². The predicted molar refractivity (Wildman–Crippen MR) is 161 cm³/mol. The van der Waals surface area contributed by atoms with E-state index >= 15 is 0 Å². The largest absolute Gasteiger partial charge is 0.456 e. The highest BCUT2D eigenvalue weighted by molar-refractivity contribution is 6.15. The van der Waals surface area contributed by atoms with E-state index in [0.717, 1.165) is 72.1 Å². The van der Waals surface area contributed by atoms with E-state index in [1.54, 1.807) is 0 Å². The standard InChI is InChI=1S/C36H23NO2/c1-2-12-24(13-3-1)37(31-20-11-23-34-35(31)29-16-6-9-22-33(29)38-34)30-19-7-4-14-25(30)27-17-10-18-28-26-15-5-8-21-32(26)39-36(27)28/h1-23H. The monoisotopic (exact) mass is 501 g/mol. The molecule has 0 unspecified atom stereocenters. The van der Waals surface area contributed by atoms with Crippen LogP contribution in [-0.4, -0.2) is 0 Å². The van der Waals surface area contributed by atoms with Gasteiger partial charge in [0.25, 0.3) is 0 Å². The van der Waals surface area contributed by atoms with E-state index in [-0.39, 0.29) is 0 Å². The SMILES string of the molecule is c1ccc(N(c2ccccc2-c2cccc3c2oc2ccccc23)c2cccc3oc4ccccc4c23)cc1. The highest BCUT2D eigenvalue weighted by atomic mass is 16.3. The summed E-state index contributed by atoms with van der Waals surface area (Å²) in [4.78, 5) is 2.33. The fourth-order valence-electron chi connectivity index (χ4n) is 5.78. The summed E-state index contributed by atoms with van der Waals surface area (Å²) in [6.45, 7) is 0. The molecule has 0 N–H and O–H groups in total. The van der Waals surface area contributed by atoms with E-state index in [1.165, 1.54) is 0 Å². The van der Waals surface area contributed by atoms with Gasteiger partial charge in [-0.05, 0) is 42.5 Å². The minimum atomic E-state index is 0.867. The Morgan fingerprint density at radius 3 is 1.85 bits per heavy atom. The third-order valence-corrected chi connectivity index (χ3v) is 7.48. The molecule has 39 heavy (non-hydrogen) atoms. The number of benzene rings is 6. The minimum absolute atomic E-state index is 0.867. The first-order chi connectivity index (χ1) is 19.4. The maximum Gasteiger partial charge on any atom is 0.143 e. The van der Waals surface area contributed by atoms with Crippen LogP contribution in [0.3, 0.4) is 0 Å². The summed E-state index contributed by atoms with van der Waals surface area (Å²) in [5, 5.41) is 4.43. The summed E-state index contributed by atoms with van der Waals surface area (Å²) in [6, 6.07) is 48.3. The van der Waals surface area contributed by atoms with Gasteiger partial charge in [-0.1, -0.05) is 97.1 Å². The normalized spacial score (nSPS) is 11.6. The molecule has 0 saturated heterocycles. The Bertz CT molecular complexity index is 2140. The zero-order chi connectivity index (χ0) is 25.8. The van der Waals surface area contributed by atoms with Crippen molar-refractivity contribution >= 4 is 60.9 Å². The van der Waals surface area contributed by atoms with Gasteiger partial charge >= 0.3 is 0 Å². The highest BCUT2D eigenvalue weighted by Gasteiger charge is 2.23. The van der Waals surface area contributed by atoms with Crippen molar-refractivity contribution in [3.8, 4) is 11.1 Å². The van der Waals surface area contributed by atoms with Crippen molar-refractivity contribution in [3.05, 3.63) is 140 Å². The third-order valence-electron chi connectivity index (χ3n) is 7.48. The number of furan rings is 2. The second-order valence-corrected chi connectivity index (χ2v) is 9.72. The van der Waals surface area contributed by atoms with Crippen molar-refractivity contribution in [1.82, 2.24) is 0 Å². The molecule has 0 atom stereocenters. The van der Waals surface area contributed by atoms with E-state index in [1.807, 2.05) is 30.3 Å². The molecule has 3 nitrogen and oxygen atoms in total. The zero-order valence-electron chi connectivity index (χ0n) is 21.0. The molecule has 0 aliphatic heterocycles. The van der Waals surface area contributed by atoms with Crippen molar-refractivity contribution in [2.24, 2.45) is 0 Å². The van der Waals surface area contributed by atoms with Crippen molar-refractivity contribution in [3.63, 3.8) is 0 Å². The van der Waals surface area contributed by atoms with Crippen molar-refractivity contribution < 1.29 is 8.83 Å². The van der Waals surface area contributed by atoms with Gasteiger partial charge in [-0.2, -0.15) is 0 Å². The maximum atomic E-state index is 6.47. The summed E-state index contributed by atoms with van der Waals surface area (Å²) in [7, 11) is 0. The topological polar surface area (TPSA) is 29.5 Å². The molecule has 0 saturated carbocycles. The molecule has 0 radical (unpaired) electrons. The highest BCUT2D eigenvalue weighted by Crippen LogP contribution is 2.47. The number of hydrogen-bond acceptors (Lipinski definition) is 3. The summed E-state index contributed by atoms with van der Waals surface area (Å²) in [6.07, 6.45) is 0. The lowest BCUT2D eigenvalue weighted by Crippen LogP contribution is -2.11. The van der Waals surface area contributed by atoms with Crippen LogP contribution >= 0.6 is 0 Å². The van der Waals surface area contributed by atoms with Crippen LogP contribution in [0.5, 0.6) is 0 Å². The zero-order valence-corrected chi connectivity index (χ0v) is 21.0. The predicted octanol–water partition coefficient (Wildman–Crippen LogP) is 10.6. The van der Waals surface area contributed by atoms with Gasteiger partial charge in [0.1, 0.15) is 22.3 Å². The Kier molecular flexibility index (Phi) is 4.82. The molecule has 6 aromatic carbocycles. The smallest absolute Gasteiger partial charge is 0.143 e. The quantitative estimate of drug-likeness (QED) is 0.240. The van der Waals surface area contributed by atoms with Crippen LogP contribution in [0.2, 0.25) is 0 Å². The number of nitrogens with zero attached hydrogens (tertiary/aromatic N) is 1. The Labute approximate surface area is 225 Å². The van der Waals surface area contributed by atoms with Gasteiger partial charge in [0, 0.05) is 33.0 Å². The first-order valence-corrected chi connectivity index (χ1v) is 13.1. The Hall–Kier alpha value is -5.28. The van der Waals surface area contributed by atoms with Gasteiger partial charge < -0.3 is 13.7 Å². The number of para-hydroxylation sites is 5. The van der Waals surface area contributed by atoms with E-state index in [2.05, 4.69) is 114 Å². The average molecular weight is 502 g/mol. The molecule has 0 aliphatic rings. The van der Waals surface area contributed by atoms with Crippen molar-refractivity contribution in [2.45, 2.75) is 0 Å². The van der Waals surface area contributed by atoms with Gasteiger partial charge in [0.2, 0.25) is 0 Å². The molecule has 8 rings (SSSR count). The summed E-state index contributed by atoms with van der Waals surface area (Å²) in [5.74, 6) is 0. The van der Waals surface area contributed by atoms with Crippen LogP contribution in [0.25, 0.3) is 55.0 Å². The van der Waals surface area contributed by atoms with E-state index in [4.69, 9.17) is 8.83 Å². The van der Waals surface area contributed by atoms with E-state index in [0.29, 0.717) is 0 Å². The molecule has 0 fully saturated rings. The number of fused-ring (bicyclic) bond motifs is 6. The first-order valence-electron chi connectivity index (χ1n) is 13.1. The molecule has 2 aromatic heterocycles. The third kappa shape index (κ3) is 3.37. The molecule has 2 heterocycles. The number of anilines is 3. The first kappa shape index (κ1) is 21.8. The molecule has 8 aromatic rings. The van der Waals surface area contributed by atoms with Crippen LogP contribution in [0.15, 0.2) is 148 Å². The Balaban J connectivity index is 1.44. The van der Waals surface area contributed by atoms with E-state index < -0.39 is 0 Å². The molecular formula is C36H23NO2. The second-order valence-electron chi connectivity index (χ2n) is 9.72. The fraction of sp³-hybridized carbons (Fsp3) is 0. The lowest BCUT2D eigenvalue weighted by molar-refractivity contribution is 0.669. The van der Waals surface area contributed by atoms with Gasteiger partial charge in [-0.25, -0.2) is 0 Å². The average Bonchev–Trinajstić information content (AvgIpc) is 3.57. The molecule has 3 heteroatoms. The van der Waals surface area contributed by atoms with Gasteiger partial charge in [-0.3, -0.25) is 0 Å². The molecule has 0 amide bonds. The number of rotatable bonds is 4. The van der Waals surface area contributed by atoms with Crippen LogP contribution in [0.4, 0.5) is 17.1 Å². The lowest BCUT2D eigenvalue weighted by Gasteiger charge is -2.28. The second kappa shape index (κ2) is 8.64. The molecule has 0 bridgehead atoms. The molecule has 0 spiro atoms. The summed E-state index contributed by atoms with van der Waals surface area (Å²) in [5.41, 5.74) is 8.89. The fourth-order valence-corrected chi connectivity index (χ4v) is 5.78. The van der Waals surface area contributed by atoms with Crippen LogP contribution in [-0.2, 0) is 0 Å². The van der Waals surface area contributed by atoms with Crippen molar-refractivity contribution in [2.75, 3.05) is 4.90 Å².